The van der Waals surface area contributed by atoms with Crippen LogP contribution in [0.25, 0.3) is 6.08 Å². The second-order valence-corrected chi connectivity index (χ2v) is 5.83. The molecule has 2 amide bonds. The van der Waals surface area contributed by atoms with E-state index in [1.165, 1.54) is 6.08 Å². The van der Waals surface area contributed by atoms with Crippen molar-refractivity contribution in [2.24, 2.45) is 5.73 Å². The molecule has 0 spiro atoms. The topological polar surface area (TPSA) is 114 Å². The fourth-order valence-corrected chi connectivity index (χ4v) is 2.37. The summed E-state index contributed by atoms with van der Waals surface area (Å²) in [6, 6.07) is 14.0. The highest BCUT2D eigenvalue weighted by Gasteiger charge is 2.11. The lowest BCUT2D eigenvalue weighted by molar-refractivity contribution is -0.118. The minimum absolute atomic E-state index is 0.172. The van der Waals surface area contributed by atoms with Crippen molar-refractivity contribution in [3.63, 3.8) is 0 Å². The number of ether oxygens (including phenoxy) is 2. The number of nitrogens with two attached hydrogens (primary N) is 1. The summed E-state index contributed by atoms with van der Waals surface area (Å²) < 4.78 is 11.1. The first-order valence-corrected chi connectivity index (χ1v) is 8.61. The van der Waals surface area contributed by atoms with Crippen molar-refractivity contribution >= 4 is 23.6 Å². The number of rotatable bonds is 8. The van der Waals surface area contributed by atoms with Crippen LogP contribution >= 0.6 is 0 Å². The normalized spacial score (nSPS) is 10.7. The van der Waals surface area contributed by atoms with Crippen molar-refractivity contribution in [3.8, 4) is 17.6 Å². The molecule has 0 aliphatic carbocycles. The standard InChI is InChI=1S/C21H21N3O4/c1-3-27-19-11-15(10-16(12-22)21(23)26)8-9-18(19)28-13-20(25)24-17-7-5-4-6-14(17)2/h4-11H,3,13H2,1-2H3,(H2,23,26)(H,24,25). The first-order valence-electron chi connectivity index (χ1n) is 8.61. The van der Waals surface area contributed by atoms with Crippen LogP contribution in [0.3, 0.4) is 0 Å². The van der Waals surface area contributed by atoms with Gasteiger partial charge in [-0.1, -0.05) is 24.3 Å². The number of anilines is 1. The van der Waals surface area contributed by atoms with Gasteiger partial charge in [0, 0.05) is 5.69 Å². The lowest BCUT2D eigenvalue weighted by Crippen LogP contribution is -2.20. The van der Waals surface area contributed by atoms with Crippen LogP contribution in [0.1, 0.15) is 18.1 Å². The number of carbonyl (C=O) groups is 2. The lowest BCUT2D eigenvalue weighted by atomic mass is 10.1. The Bertz CT molecular complexity index is 945. The van der Waals surface area contributed by atoms with Gasteiger partial charge >= 0.3 is 0 Å². The molecule has 144 valence electrons. The summed E-state index contributed by atoms with van der Waals surface area (Å²) >= 11 is 0. The number of hydrogen-bond donors (Lipinski definition) is 2. The van der Waals surface area contributed by atoms with Crippen LogP contribution in [-0.4, -0.2) is 25.0 Å². The molecule has 3 N–H and O–H groups in total. The SMILES string of the molecule is CCOc1cc(C=C(C#N)C(N)=O)ccc1OCC(=O)Nc1ccccc1C. The Labute approximate surface area is 163 Å². The quantitative estimate of drug-likeness (QED) is 0.541. The van der Waals surface area contributed by atoms with E-state index in [9.17, 15) is 9.59 Å². The van der Waals surface area contributed by atoms with E-state index in [2.05, 4.69) is 5.32 Å². The molecule has 0 saturated carbocycles. The maximum absolute atomic E-state index is 12.2. The number of hydrogen-bond acceptors (Lipinski definition) is 5. The fraction of sp³-hybridized carbons (Fsp3) is 0.190. The van der Waals surface area contributed by atoms with Gasteiger partial charge in [-0.15, -0.1) is 0 Å². The van der Waals surface area contributed by atoms with E-state index < -0.39 is 5.91 Å². The molecule has 0 saturated heterocycles. The van der Waals surface area contributed by atoms with E-state index in [-0.39, 0.29) is 18.1 Å². The molecule has 28 heavy (non-hydrogen) atoms. The van der Waals surface area contributed by atoms with Crippen LogP contribution in [0.5, 0.6) is 11.5 Å². The zero-order valence-electron chi connectivity index (χ0n) is 15.7. The summed E-state index contributed by atoms with van der Waals surface area (Å²) in [5.74, 6) is -0.354. The predicted molar refractivity (Wildman–Crippen MR) is 106 cm³/mol. The van der Waals surface area contributed by atoms with Crippen molar-refractivity contribution < 1.29 is 19.1 Å². The minimum atomic E-state index is -0.811. The molecule has 0 aromatic heterocycles. The van der Waals surface area contributed by atoms with E-state index >= 15 is 0 Å². The summed E-state index contributed by atoms with van der Waals surface area (Å²) in [6.45, 7) is 3.88. The van der Waals surface area contributed by atoms with Gasteiger partial charge in [0.15, 0.2) is 18.1 Å². The maximum atomic E-state index is 12.2. The van der Waals surface area contributed by atoms with Crippen molar-refractivity contribution in [1.82, 2.24) is 0 Å². The molecule has 0 atom stereocenters. The molecule has 7 nitrogen and oxygen atoms in total. The highest BCUT2D eigenvalue weighted by Crippen LogP contribution is 2.29. The van der Waals surface area contributed by atoms with Gasteiger partial charge in [0.2, 0.25) is 0 Å². The monoisotopic (exact) mass is 379 g/mol. The van der Waals surface area contributed by atoms with Gasteiger partial charge in [-0.3, -0.25) is 9.59 Å². The van der Waals surface area contributed by atoms with Crippen LogP contribution in [0.4, 0.5) is 5.69 Å². The van der Waals surface area contributed by atoms with Crippen LogP contribution in [0, 0.1) is 18.3 Å². The van der Waals surface area contributed by atoms with Crippen LogP contribution in [-0.2, 0) is 9.59 Å². The molecule has 2 rings (SSSR count). The van der Waals surface area contributed by atoms with Gasteiger partial charge in [-0.25, -0.2) is 0 Å². The zero-order valence-corrected chi connectivity index (χ0v) is 15.7. The molecule has 2 aromatic rings. The van der Waals surface area contributed by atoms with Crippen molar-refractivity contribution in [1.29, 1.82) is 5.26 Å². The first kappa shape index (κ1) is 20.5. The Morgan fingerprint density at radius 3 is 2.57 bits per heavy atom. The number of para-hydroxylation sites is 1. The minimum Gasteiger partial charge on any atom is -0.490 e. The number of nitrogens with zero attached hydrogens (tertiary/aromatic N) is 1. The molecule has 2 aromatic carbocycles. The summed E-state index contributed by atoms with van der Waals surface area (Å²) in [7, 11) is 0. The second kappa shape index (κ2) is 9.78. The van der Waals surface area contributed by atoms with Gasteiger partial charge in [-0.2, -0.15) is 5.26 Å². The average Bonchev–Trinajstić information content (AvgIpc) is 2.67. The third-order valence-electron chi connectivity index (χ3n) is 3.74. The number of aryl methyl sites for hydroxylation is 1. The van der Waals surface area contributed by atoms with Crippen LogP contribution in [0.15, 0.2) is 48.0 Å². The molecule has 0 unspecified atom stereocenters. The smallest absolute Gasteiger partial charge is 0.262 e. The van der Waals surface area contributed by atoms with Gasteiger partial charge in [0.05, 0.1) is 6.61 Å². The molecule has 0 radical (unpaired) electrons. The molecule has 7 heteroatoms. The Morgan fingerprint density at radius 1 is 1.18 bits per heavy atom. The van der Waals surface area contributed by atoms with Crippen molar-refractivity contribution in [2.45, 2.75) is 13.8 Å². The molecular weight excluding hydrogens is 358 g/mol. The van der Waals surface area contributed by atoms with Gasteiger partial charge in [0.1, 0.15) is 11.6 Å². The highest BCUT2D eigenvalue weighted by atomic mass is 16.5. The van der Waals surface area contributed by atoms with Gasteiger partial charge < -0.3 is 20.5 Å². The van der Waals surface area contributed by atoms with Crippen LogP contribution in [0.2, 0.25) is 0 Å². The Hall–Kier alpha value is -3.79. The Kier molecular flexibility index (Phi) is 7.17. The second-order valence-electron chi connectivity index (χ2n) is 5.83. The number of carbonyl (C=O) groups excluding carboxylic acids is 2. The molecule has 0 bridgehead atoms. The summed E-state index contributed by atoms with van der Waals surface area (Å²) in [5.41, 5.74) is 7.19. The van der Waals surface area contributed by atoms with E-state index in [1.54, 1.807) is 31.2 Å². The third-order valence-corrected chi connectivity index (χ3v) is 3.74. The number of primary amides is 1. The Balaban J connectivity index is 2.12. The molecule has 0 heterocycles. The van der Waals surface area contributed by atoms with Crippen LogP contribution < -0.4 is 20.5 Å². The zero-order chi connectivity index (χ0) is 20.5. The predicted octanol–water partition coefficient (Wildman–Crippen LogP) is 2.80. The average molecular weight is 379 g/mol. The summed E-state index contributed by atoms with van der Waals surface area (Å²) in [4.78, 5) is 23.4. The number of nitrogens with one attached hydrogen (secondary N) is 1. The lowest BCUT2D eigenvalue weighted by Gasteiger charge is -2.13. The maximum Gasteiger partial charge on any atom is 0.262 e. The van der Waals surface area contributed by atoms with Gasteiger partial charge in [-0.05, 0) is 49.2 Å². The molecule has 0 aliphatic heterocycles. The molecule has 0 aliphatic rings. The largest absolute Gasteiger partial charge is 0.490 e. The Morgan fingerprint density at radius 2 is 1.93 bits per heavy atom. The third kappa shape index (κ3) is 5.61. The van der Waals surface area contributed by atoms with E-state index in [0.717, 1.165) is 11.3 Å². The van der Waals surface area contributed by atoms with E-state index in [4.69, 9.17) is 20.5 Å². The van der Waals surface area contributed by atoms with E-state index in [0.29, 0.717) is 23.7 Å². The molecular formula is C21H21N3O4. The van der Waals surface area contributed by atoms with Gasteiger partial charge in [0.25, 0.3) is 11.8 Å². The van der Waals surface area contributed by atoms with Crippen molar-refractivity contribution in [2.75, 3.05) is 18.5 Å². The van der Waals surface area contributed by atoms with E-state index in [1.807, 2.05) is 31.2 Å². The summed E-state index contributed by atoms with van der Waals surface area (Å²) in [5, 5.41) is 11.7. The molecule has 0 fully saturated rings. The number of amides is 2. The highest BCUT2D eigenvalue weighted by molar-refractivity contribution is 6.00. The number of nitriles is 1. The van der Waals surface area contributed by atoms with Crippen molar-refractivity contribution in [3.05, 3.63) is 59.2 Å². The fourth-order valence-electron chi connectivity index (χ4n) is 2.37. The summed E-state index contributed by atoms with van der Waals surface area (Å²) in [6.07, 6.45) is 1.36. The first-order chi connectivity index (χ1) is 13.4. The number of benzene rings is 2.